The smallest absolute Gasteiger partial charge is 0.336 e. The third-order valence-electron chi connectivity index (χ3n) is 5.17. The van der Waals surface area contributed by atoms with Gasteiger partial charge in [0.25, 0.3) is 0 Å². The molecule has 0 spiro atoms. The first kappa shape index (κ1) is 22.0. The number of rotatable bonds is 5. The average Bonchev–Trinajstić information content (AvgIpc) is 2.57. The Morgan fingerprint density at radius 2 is 1.61 bits per heavy atom. The molecule has 0 bridgehead atoms. The zero-order chi connectivity index (χ0) is 21.3. The highest BCUT2D eigenvalue weighted by Gasteiger charge is 2.33. The van der Waals surface area contributed by atoms with Crippen molar-refractivity contribution in [2.75, 3.05) is 0 Å². The van der Waals surface area contributed by atoms with E-state index in [-0.39, 0.29) is 16.7 Å². The molecule has 0 aromatic heterocycles. The lowest BCUT2D eigenvalue weighted by atomic mass is 9.73. The van der Waals surface area contributed by atoms with E-state index >= 15 is 0 Å². The van der Waals surface area contributed by atoms with Crippen LogP contribution in [0.1, 0.15) is 88.4 Å². The van der Waals surface area contributed by atoms with Crippen LogP contribution in [0.15, 0.2) is 30.3 Å². The molecule has 0 amide bonds. The lowest BCUT2D eigenvalue weighted by Gasteiger charge is -2.31. The van der Waals surface area contributed by atoms with Crippen molar-refractivity contribution < 1.29 is 15.0 Å². The normalized spacial score (nSPS) is 12.2. The molecule has 0 unspecified atom stereocenters. The molecule has 2 rings (SSSR count). The lowest BCUT2D eigenvalue weighted by molar-refractivity contribution is 0.0697. The van der Waals surface area contributed by atoms with Gasteiger partial charge in [0.05, 0.1) is 5.56 Å². The van der Waals surface area contributed by atoms with Gasteiger partial charge in [-0.2, -0.15) is 0 Å². The topological polar surface area (TPSA) is 57.5 Å². The van der Waals surface area contributed by atoms with Gasteiger partial charge >= 0.3 is 5.97 Å². The zero-order valence-electron chi connectivity index (χ0n) is 18.3. The van der Waals surface area contributed by atoms with Crippen LogP contribution < -0.4 is 0 Å². The molecule has 0 saturated carbocycles. The largest absolute Gasteiger partial charge is 0.507 e. The van der Waals surface area contributed by atoms with Gasteiger partial charge in [0.2, 0.25) is 0 Å². The summed E-state index contributed by atoms with van der Waals surface area (Å²) in [5, 5.41) is 21.4. The second-order valence-corrected chi connectivity index (χ2v) is 9.64. The predicted molar refractivity (Wildman–Crippen MR) is 117 cm³/mol. The Labute approximate surface area is 169 Å². The summed E-state index contributed by atoms with van der Waals surface area (Å²) in [4.78, 5) is 12.3. The summed E-state index contributed by atoms with van der Waals surface area (Å²) in [6, 6.07) is 9.65. The minimum atomic E-state index is -0.962. The molecule has 0 aliphatic carbocycles. The maximum Gasteiger partial charge on any atom is 0.336 e. The van der Waals surface area contributed by atoms with Crippen molar-refractivity contribution in [2.45, 2.75) is 78.6 Å². The Kier molecular flexibility index (Phi) is 6.27. The van der Waals surface area contributed by atoms with Crippen LogP contribution in [0.3, 0.4) is 0 Å². The molecule has 2 N–H and O–H groups in total. The fourth-order valence-electron chi connectivity index (χ4n) is 3.77. The predicted octanol–water partition coefficient (Wildman–Crippen LogP) is 6.70. The molecule has 2 aromatic rings. The van der Waals surface area contributed by atoms with E-state index in [0.717, 1.165) is 30.4 Å². The van der Waals surface area contributed by atoms with E-state index in [4.69, 9.17) is 0 Å². The van der Waals surface area contributed by atoms with Gasteiger partial charge < -0.3 is 10.2 Å². The summed E-state index contributed by atoms with van der Waals surface area (Å²) in [5.41, 5.74) is 3.55. The number of aryl methyl sites for hydroxylation is 1. The molecular formula is C25H34O3. The van der Waals surface area contributed by atoms with Gasteiger partial charge in [-0.25, -0.2) is 4.79 Å². The molecule has 3 heteroatoms. The molecular weight excluding hydrogens is 348 g/mol. The van der Waals surface area contributed by atoms with Crippen LogP contribution in [0.25, 0.3) is 11.1 Å². The number of phenolic OH excluding ortho intramolecular Hbond substituents is 1. The number of carboxylic acids is 1. The van der Waals surface area contributed by atoms with Crippen LogP contribution in [0.4, 0.5) is 0 Å². The van der Waals surface area contributed by atoms with Crippen LogP contribution in [0, 0.1) is 0 Å². The van der Waals surface area contributed by atoms with E-state index in [2.05, 4.69) is 13.0 Å². The fraction of sp³-hybridized carbons (Fsp3) is 0.480. The number of unbranched alkanes of at least 4 members (excludes halogenated alkanes) is 1. The molecule has 0 radical (unpaired) electrons. The van der Waals surface area contributed by atoms with E-state index in [1.54, 1.807) is 6.07 Å². The molecule has 152 valence electrons. The van der Waals surface area contributed by atoms with Gasteiger partial charge in [0.1, 0.15) is 5.75 Å². The first-order chi connectivity index (χ1) is 12.9. The van der Waals surface area contributed by atoms with E-state index in [1.165, 1.54) is 0 Å². The number of aromatic carboxylic acids is 1. The van der Waals surface area contributed by atoms with Crippen molar-refractivity contribution in [1.29, 1.82) is 0 Å². The van der Waals surface area contributed by atoms with Gasteiger partial charge in [0, 0.05) is 16.7 Å². The van der Waals surface area contributed by atoms with E-state index in [9.17, 15) is 15.0 Å². The fourth-order valence-corrected chi connectivity index (χ4v) is 3.77. The van der Waals surface area contributed by atoms with Crippen molar-refractivity contribution >= 4 is 5.97 Å². The Morgan fingerprint density at radius 1 is 1.00 bits per heavy atom. The summed E-state index contributed by atoms with van der Waals surface area (Å²) in [5.74, 6) is -0.749. The maximum atomic E-state index is 12.3. The molecule has 2 aromatic carbocycles. The van der Waals surface area contributed by atoms with E-state index in [1.807, 2.05) is 59.7 Å². The average molecular weight is 383 g/mol. The van der Waals surface area contributed by atoms with Crippen LogP contribution in [-0.4, -0.2) is 16.2 Å². The number of phenols is 1. The first-order valence-electron chi connectivity index (χ1n) is 10.1. The Bertz CT molecular complexity index is 865. The number of aromatic hydroxyl groups is 1. The summed E-state index contributed by atoms with van der Waals surface area (Å²) in [7, 11) is 0. The second kappa shape index (κ2) is 7.98. The number of benzene rings is 2. The van der Waals surface area contributed by atoms with Gasteiger partial charge in [-0.3, -0.25) is 0 Å². The molecule has 0 aliphatic heterocycles. The molecule has 0 heterocycles. The molecule has 0 fully saturated rings. The minimum Gasteiger partial charge on any atom is -0.507 e. The van der Waals surface area contributed by atoms with E-state index < -0.39 is 11.4 Å². The van der Waals surface area contributed by atoms with Gasteiger partial charge in [-0.1, -0.05) is 79.2 Å². The minimum absolute atomic E-state index is 0.213. The highest BCUT2D eigenvalue weighted by molar-refractivity contribution is 5.99. The Hall–Kier alpha value is -2.29. The first-order valence-corrected chi connectivity index (χ1v) is 10.1. The SMILES string of the molecule is CCCCc1ccccc1-c1c(C(=O)O)cc(C(C)(C)C)c(O)c1C(C)(C)C. The van der Waals surface area contributed by atoms with Crippen molar-refractivity contribution in [3.05, 3.63) is 52.6 Å². The Balaban J connectivity index is 2.99. The van der Waals surface area contributed by atoms with Gasteiger partial charge in [-0.15, -0.1) is 0 Å². The van der Waals surface area contributed by atoms with Crippen molar-refractivity contribution in [2.24, 2.45) is 0 Å². The zero-order valence-corrected chi connectivity index (χ0v) is 18.3. The molecule has 3 nitrogen and oxygen atoms in total. The summed E-state index contributed by atoms with van der Waals surface area (Å²) >= 11 is 0. The van der Waals surface area contributed by atoms with Crippen molar-refractivity contribution in [1.82, 2.24) is 0 Å². The van der Waals surface area contributed by atoms with Crippen molar-refractivity contribution in [3.8, 4) is 16.9 Å². The van der Waals surface area contributed by atoms with Crippen LogP contribution in [-0.2, 0) is 17.3 Å². The highest BCUT2D eigenvalue weighted by Crippen LogP contribution is 2.47. The third-order valence-corrected chi connectivity index (χ3v) is 5.17. The number of hydrogen-bond donors (Lipinski definition) is 2. The standard InChI is InChI=1S/C25H34O3/c1-8-9-12-16-13-10-11-14-17(16)20-18(23(27)28)15-19(24(2,3)4)22(26)21(20)25(5,6)7/h10-11,13-15,26H,8-9,12H2,1-7H3,(H,27,28). The molecule has 0 aliphatic rings. The number of carboxylic acid groups (broad SMARTS) is 1. The lowest BCUT2D eigenvalue weighted by Crippen LogP contribution is -2.21. The highest BCUT2D eigenvalue weighted by atomic mass is 16.4. The molecule has 28 heavy (non-hydrogen) atoms. The summed E-state index contributed by atoms with van der Waals surface area (Å²) < 4.78 is 0. The quantitative estimate of drug-likeness (QED) is 0.605. The van der Waals surface area contributed by atoms with Crippen LogP contribution >= 0.6 is 0 Å². The van der Waals surface area contributed by atoms with Crippen LogP contribution in [0.2, 0.25) is 0 Å². The second-order valence-electron chi connectivity index (χ2n) is 9.64. The Morgan fingerprint density at radius 3 is 2.11 bits per heavy atom. The number of hydrogen-bond acceptors (Lipinski definition) is 2. The third kappa shape index (κ3) is 4.40. The monoisotopic (exact) mass is 382 g/mol. The number of carbonyl (C=O) groups is 1. The maximum absolute atomic E-state index is 12.3. The summed E-state index contributed by atoms with van der Waals surface area (Å²) in [6.07, 6.45) is 2.99. The molecule has 0 atom stereocenters. The van der Waals surface area contributed by atoms with E-state index in [0.29, 0.717) is 16.7 Å². The van der Waals surface area contributed by atoms with Gasteiger partial charge in [0.15, 0.2) is 0 Å². The molecule has 0 saturated heterocycles. The summed E-state index contributed by atoms with van der Waals surface area (Å²) in [6.45, 7) is 14.2. The van der Waals surface area contributed by atoms with Crippen LogP contribution in [0.5, 0.6) is 5.75 Å². The van der Waals surface area contributed by atoms with Gasteiger partial charge in [-0.05, 0) is 40.9 Å². The van der Waals surface area contributed by atoms with Crippen molar-refractivity contribution in [3.63, 3.8) is 0 Å².